The number of rotatable bonds is 8. The minimum absolute atomic E-state index is 0.101. The van der Waals surface area contributed by atoms with Crippen molar-refractivity contribution in [3.63, 3.8) is 0 Å². The van der Waals surface area contributed by atoms with Gasteiger partial charge in [0.2, 0.25) is 0 Å². The Morgan fingerprint density at radius 2 is 2.05 bits per heavy atom. The molecule has 3 heteroatoms. The van der Waals surface area contributed by atoms with E-state index in [4.69, 9.17) is 10.3 Å². The van der Waals surface area contributed by atoms with Gasteiger partial charge in [-0.15, -0.1) is 0 Å². The zero-order valence-electron chi connectivity index (χ0n) is 12.6. The summed E-state index contributed by atoms with van der Waals surface area (Å²) in [7, 11) is 0. The summed E-state index contributed by atoms with van der Waals surface area (Å²) in [5.41, 5.74) is 3.86. The molecule has 0 saturated heterocycles. The minimum atomic E-state index is 0.101. The first-order valence-corrected chi connectivity index (χ1v) is 7.73. The van der Waals surface area contributed by atoms with E-state index in [2.05, 4.69) is 31.4 Å². The average Bonchev–Trinajstić information content (AvgIpc) is 2.91. The molecule has 0 aliphatic heterocycles. The van der Waals surface area contributed by atoms with Gasteiger partial charge in [-0.05, 0) is 24.5 Å². The summed E-state index contributed by atoms with van der Waals surface area (Å²) in [6.45, 7) is 4.50. The Morgan fingerprint density at radius 3 is 2.70 bits per heavy atom. The third-order valence-corrected chi connectivity index (χ3v) is 4.10. The number of para-hydroxylation sites is 1. The first-order chi connectivity index (χ1) is 9.78. The molecule has 20 heavy (non-hydrogen) atoms. The summed E-state index contributed by atoms with van der Waals surface area (Å²) in [6, 6.07) is 10.3. The van der Waals surface area contributed by atoms with Gasteiger partial charge in [-0.3, -0.25) is 5.84 Å². The van der Waals surface area contributed by atoms with Crippen LogP contribution in [0.1, 0.15) is 57.8 Å². The van der Waals surface area contributed by atoms with Crippen molar-refractivity contribution in [3.8, 4) is 0 Å². The number of hydrogen-bond acceptors (Lipinski definition) is 3. The Bertz CT molecular complexity index is 487. The van der Waals surface area contributed by atoms with Crippen molar-refractivity contribution in [2.45, 2.75) is 52.0 Å². The van der Waals surface area contributed by atoms with Gasteiger partial charge in [0.15, 0.2) is 0 Å². The molecular weight excluding hydrogens is 248 g/mol. The number of nitrogens with two attached hydrogens (primary N) is 1. The molecule has 0 amide bonds. The monoisotopic (exact) mass is 274 g/mol. The highest BCUT2D eigenvalue weighted by atomic mass is 16.3. The standard InChI is InChI=1S/C17H26N2O/c1-3-5-8-13(4-2)11-15(19-18)17-12-14-9-6-7-10-16(14)20-17/h6-7,9-10,12-13,15,19H,3-5,8,11,18H2,1-2H3. The van der Waals surface area contributed by atoms with Crippen LogP contribution in [-0.4, -0.2) is 0 Å². The summed E-state index contributed by atoms with van der Waals surface area (Å²) in [5.74, 6) is 7.39. The molecule has 0 radical (unpaired) electrons. The number of benzene rings is 1. The van der Waals surface area contributed by atoms with E-state index in [1.165, 1.54) is 25.7 Å². The van der Waals surface area contributed by atoms with E-state index in [9.17, 15) is 0 Å². The molecule has 0 aliphatic rings. The third kappa shape index (κ3) is 3.62. The molecule has 0 aliphatic carbocycles. The number of hydrazine groups is 1. The molecule has 1 heterocycles. The van der Waals surface area contributed by atoms with Crippen molar-refractivity contribution < 1.29 is 4.42 Å². The second kappa shape index (κ2) is 7.46. The highest BCUT2D eigenvalue weighted by Crippen LogP contribution is 2.30. The van der Waals surface area contributed by atoms with Crippen LogP contribution in [0.15, 0.2) is 34.7 Å². The number of fused-ring (bicyclic) bond motifs is 1. The summed E-state index contributed by atoms with van der Waals surface area (Å²) in [6.07, 6.45) is 6.04. The Labute approximate surface area is 121 Å². The molecule has 0 saturated carbocycles. The van der Waals surface area contributed by atoms with E-state index < -0.39 is 0 Å². The first-order valence-electron chi connectivity index (χ1n) is 7.73. The second-order valence-electron chi connectivity index (χ2n) is 5.56. The van der Waals surface area contributed by atoms with E-state index in [1.54, 1.807) is 0 Å². The molecule has 3 N–H and O–H groups in total. The van der Waals surface area contributed by atoms with E-state index in [-0.39, 0.29) is 6.04 Å². The molecule has 2 aromatic rings. The lowest BCUT2D eigenvalue weighted by Gasteiger charge is -2.20. The van der Waals surface area contributed by atoms with Crippen LogP contribution in [0.5, 0.6) is 0 Å². The van der Waals surface area contributed by atoms with Crippen molar-refractivity contribution in [1.82, 2.24) is 5.43 Å². The highest BCUT2D eigenvalue weighted by Gasteiger charge is 2.19. The molecule has 2 rings (SSSR count). The van der Waals surface area contributed by atoms with Gasteiger partial charge in [0.25, 0.3) is 0 Å². The Kier molecular flexibility index (Phi) is 5.62. The predicted molar refractivity (Wildman–Crippen MR) is 84.2 cm³/mol. The maximum Gasteiger partial charge on any atom is 0.134 e. The molecule has 2 unspecified atom stereocenters. The fraction of sp³-hybridized carbons (Fsp3) is 0.529. The van der Waals surface area contributed by atoms with Crippen LogP contribution in [-0.2, 0) is 0 Å². The van der Waals surface area contributed by atoms with Crippen molar-refractivity contribution in [3.05, 3.63) is 36.1 Å². The normalized spacial score (nSPS) is 14.6. The summed E-state index contributed by atoms with van der Waals surface area (Å²) in [4.78, 5) is 0. The average molecular weight is 274 g/mol. The number of unbranched alkanes of at least 4 members (excludes halogenated alkanes) is 1. The van der Waals surface area contributed by atoms with Gasteiger partial charge in [0.05, 0.1) is 6.04 Å². The third-order valence-electron chi connectivity index (χ3n) is 4.10. The van der Waals surface area contributed by atoms with E-state index in [0.717, 1.165) is 23.2 Å². The smallest absolute Gasteiger partial charge is 0.134 e. The van der Waals surface area contributed by atoms with E-state index >= 15 is 0 Å². The topological polar surface area (TPSA) is 51.2 Å². The SMILES string of the molecule is CCCCC(CC)CC(NN)c1cc2ccccc2o1. The summed E-state index contributed by atoms with van der Waals surface area (Å²) >= 11 is 0. The second-order valence-corrected chi connectivity index (χ2v) is 5.56. The fourth-order valence-corrected chi connectivity index (χ4v) is 2.76. The van der Waals surface area contributed by atoms with Gasteiger partial charge in [0.1, 0.15) is 11.3 Å². The van der Waals surface area contributed by atoms with Gasteiger partial charge in [-0.1, -0.05) is 57.7 Å². The lowest BCUT2D eigenvalue weighted by Crippen LogP contribution is -2.29. The molecule has 110 valence electrons. The largest absolute Gasteiger partial charge is 0.459 e. The quantitative estimate of drug-likeness (QED) is 0.548. The molecule has 0 bridgehead atoms. The van der Waals surface area contributed by atoms with Crippen LogP contribution in [0.2, 0.25) is 0 Å². The van der Waals surface area contributed by atoms with Gasteiger partial charge < -0.3 is 4.42 Å². The minimum Gasteiger partial charge on any atom is -0.459 e. The van der Waals surface area contributed by atoms with Crippen LogP contribution in [0.4, 0.5) is 0 Å². The molecule has 0 spiro atoms. The van der Waals surface area contributed by atoms with Crippen molar-refractivity contribution in [2.24, 2.45) is 11.8 Å². The van der Waals surface area contributed by atoms with Crippen molar-refractivity contribution >= 4 is 11.0 Å². The zero-order chi connectivity index (χ0) is 14.4. The summed E-state index contributed by atoms with van der Waals surface area (Å²) in [5, 5.41) is 1.14. The van der Waals surface area contributed by atoms with E-state index in [1.807, 2.05) is 18.2 Å². The molecule has 2 atom stereocenters. The summed E-state index contributed by atoms with van der Waals surface area (Å²) < 4.78 is 5.93. The Balaban J connectivity index is 2.10. The van der Waals surface area contributed by atoms with Crippen LogP contribution >= 0.6 is 0 Å². The Morgan fingerprint density at radius 1 is 1.25 bits per heavy atom. The lowest BCUT2D eigenvalue weighted by atomic mass is 9.91. The van der Waals surface area contributed by atoms with Gasteiger partial charge in [-0.25, -0.2) is 5.43 Å². The van der Waals surface area contributed by atoms with Crippen molar-refractivity contribution in [2.75, 3.05) is 0 Å². The van der Waals surface area contributed by atoms with Gasteiger partial charge >= 0.3 is 0 Å². The van der Waals surface area contributed by atoms with Crippen LogP contribution in [0.25, 0.3) is 11.0 Å². The lowest BCUT2D eigenvalue weighted by molar-refractivity contribution is 0.325. The maximum absolute atomic E-state index is 5.93. The number of furan rings is 1. The molecule has 0 fully saturated rings. The predicted octanol–water partition coefficient (Wildman–Crippen LogP) is 4.54. The Hall–Kier alpha value is -1.32. The molecule has 1 aromatic heterocycles. The number of hydrogen-bond donors (Lipinski definition) is 2. The van der Waals surface area contributed by atoms with Crippen LogP contribution < -0.4 is 11.3 Å². The highest BCUT2D eigenvalue weighted by molar-refractivity contribution is 5.77. The maximum atomic E-state index is 5.93. The fourth-order valence-electron chi connectivity index (χ4n) is 2.76. The zero-order valence-corrected chi connectivity index (χ0v) is 12.6. The van der Waals surface area contributed by atoms with E-state index in [0.29, 0.717) is 5.92 Å². The molecular formula is C17H26N2O. The molecule has 3 nitrogen and oxygen atoms in total. The molecule has 1 aromatic carbocycles. The number of nitrogens with one attached hydrogen (secondary N) is 1. The van der Waals surface area contributed by atoms with Gasteiger partial charge in [-0.2, -0.15) is 0 Å². The van der Waals surface area contributed by atoms with Crippen LogP contribution in [0, 0.1) is 5.92 Å². The first kappa shape index (κ1) is 15.1. The van der Waals surface area contributed by atoms with Crippen LogP contribution in [0.3, 0.4) is 0 Å². The van der Waals surface area contributed by atoms with Crippen molar-refractivity contribution in [1.29, 1.82) is 0 Å². The van der Waals surface area contributed by atoms with Gasteiger partial charge in [0, 0.05) is 5.39 Å².